The van der Waals surface area contributed by atoms with Gasteiger partial charge in [0.2, 0.25) is 0 Å². The molecule has 2 heterocycles. The van der Waals surface area contributed by atoms with Gasteiger partial charge in [-0.25, -0.2) is 4.79 Å². The number of nitrogens with one attached hydrogen (secondary N) is 1. The summed E-state index contributed by atoms with van der Waals surface area (Å²) in [6.07, 6.45) is -0.299. The number of ether oxygens (including phenoxy) is 2. The third-order valence-electron chi connectivity index (χ3n) is 7.12. The highest BCUT2D eigenvalue weighted by atomic mass is 16.5. The van der Waals surface area contributed by atoms with E-state index in [9.17, 15) is 14.4 Å². The second-order valence-corrected chi connectivity index (χ2v) is 9.11. The van der Waals surface area contributed by atoms with Gasteiger partial charge in [0, 0.05) is 32.7 Å². The monoisotopic (exact) mass is 510 g/mol. The van der Waals surface area contributed by atoms with Crippen molar-refractivity contribution in [3.05, 3.63) is 53.1 Å². The first-order valence-electron chi connectivity index (χ1n) is 12.6. The predicted octanol–water partition coefficient (Wildman–Crippen LogP) is 3.23. The van der Waals surface area contributed by atoms with E-state index in [1.165, 1.54) is 12.0 Å². The van der Waals surface area contributed by atoms with Gasteiger partial charge >= 0.3 is 6.09 Å². The number of hydrogen-bond donors (Lipinski definition) is 2. The Morgan fingerprint density at radius 2 is 1.76 bits per heavy atom. The zero-order valence-electron chi connectivity index (χ0n) is 21.5. The lowest BCUT2D eigenvalue weighted by molar-refractivity contribution is 0.0571. The molecule has 2 aromatic rings. The third-order valence-corrected chi connectivity index (χ3v) is 7.12. The number of carbonyl (C=O) groups excluding carboxylic acids is 2. The molecule has 3 amide bonds. The third kappa shape index (κ3) is 5.34. The van der Waals surface area contributed by atoms with E-state index in [0.717, 1.165) is 38.4 Å². The summed E-state index contributed by atoms with van der Waals surface area (Å²) in [6.45, 7) is 6.69. The summed E-state index contributed by atoms with van der Waals surface area (Å²) in [5.74, 6) is 0.340. The number of carbonyl (C=O) groups is 3. The molecular weight excluding hydrogens is 476 g/mol. The normalized spacial score (nSPS) is 16.5. The summed E-state index contributed by atoms with van der Waals surface area (Å²) >= 11 is 0. The largest absolute Gasteiger partial charge is 0.493 e. The molecule has 2 N–H and O–H groups in total. The van der Waals surface area contributed by atoms with Crippen LogP contribution in [0.5, 0.6) is 11.5 Å². The first kappa shape index (κ1) is 26.3. The van der Waals surface area contributed by atoms with Gasteiger partial charge in [-0.1, -0.05) is 19.1 Å². The summed E-state index contributed by atoms with van der Waals surface area (Å²) in [4.78, 5) is 44.4. The van der Waals surface area contributed by atoms with Crippen LogP contribution >= 0.6 is 0 Å². The molecule has 0 aliphatic carbocycles. The minimum absolute atomic E-state index is 0.204. The second kappa shape index (κ2) is 11.5. The molecule has 1 atom stereocenters. The van der Waals surface area contributed by atoms with Gasteiger partial charge in [0.05, 0.1) is 37.1 Å². The van der Waals surface area contributed by atoms with Gasteiger partial charge in [-0.15, -0.1) is 0 Å². The van der Waals surface area contributed by atoms with Gasteiger partial charge in [0.15, 0.2) is 11.5 Å². The van der Waals surface area contributed by atoms with Crippen LogP contribution in [0.25, 0.3) is 0 Å². The molecule has 10 nitrogen and oxygen atoms in total. The fraction of sp³-hybridized carbons (Fsp3) is 0.444. The number of anilines is 1. The first-order chi connectivity index (χ1) is 17.9. The van der Waals surface area contributed by atoms with Crippen molar-refractivity contribution in [2.45, 2.75) is 25.8 Å². The van der Waals surface area contributed by atoms with Crippen LogP contribution in [0.3, 0.4) is 0 Å². The molecule has 2 aromatic carbocycles. The van der Waals surface area contributed by atoms with Crippen molar-refractivity contribution in [1.29, 1.82) is 0 Å². The second-order valence-electron chi connectivity index (χ2n) is 9.11. The Balaban J connectivity index is 1.67. The van der Waals surface area contributed by atoms with E-state index in [0.29, 0.717) is 41.0 Å². The lowest BCUT2D eigenvalue weighted by Crippen LogP contribution is -2.46. The van der Waals surface area contributed by atoms with Gasteiger partial charge in [-0.3, -0.25) is 14.5 Å². The quantitative estimate of drug-likeness (QED) is 0.370. The molecule has 0 spiro atoms. The van der Waals surface area contributed by atoms with Crippen LogP contribution in [0.4, 0.5) is 10.5 Å². The van der Waals surface area contributed by atoms with Gasteiger partial charge < -0.3 is 29.7 Å². The summed E-state index contributed by atoms with van der Waals surface area (Å²) in [5.41, 5.74) is 2.33. The standard InChI is InChI=1S/C27H34N4O6/c1-4-29-13-15-30(16-14-29)21-8-5-7-19-24(21)26(33)31(25(19)32)20(9-6-12-28-27(34)35)18-10-11-22(36-2)23(17-18)37-3/h5,7-8,10-11,17,20,28H,4,6,9,12-16H2,1-3H3,(H,34,35)/t20-/m1/s1. The lowest BCUT2D eigenvalue weighted by atomic mass is 9.99. The fourth-order valence-electron chi connectivity index (χ4n) is 5.13. The van der Waals surface area contributed by atoms with E-state index in [1.54, 1.807) is 25.3 Å². The highest BCUT2D eigenvalue weighted by molar-refractivity contribution is 6.24. The minimum Gasteiger partial charge on any atom is -0.493 e. The Bertz CT molecular complexity index is 1160. The van der Waals surface area contributed by atoms with Crippen molar-refractivity contribution < 1.29 is 29.0 Å². The Labute approximate surface area is 216 Å². The number of piperazine rings is 1. The Hall–Kier alpha value is -3.79. The van der Waals surface area contributed by atoms with E-state index in [4.69, 9.17) is 14.6 Å². The maximum Gasteiger partial charge on any atom is 0.404 e. The van der Waals surface area contributed by atoms with Crippen molar-refractivity contribution in [3.63, 3.8) is 0 Å². The van der Waals surface area contributed by atoms with E-state index >= 15 is 0 Å². The highest BCUT2D eigenvalue weighted by Crippen LogP contribution is 2.40. The van der Waals surface area contributed by atoms with Crippen LogP contribution in [-0.4, -0.2) is 86.3 Å². The summed E-state index contributed by atoms with van der Waals surface area (Å²) in [7, 11) is 3.07. The number of imide groups is 1. The number of methoxy groups -OCH3 is 2. The number of likely N-dealkylation sites (N-methyl/N-ethyl adjacent to an activating group) is 1. The van der Waals surface area contributed by atoms with Crippen molar-refractivity contribution in [2.24, 2.45) is 0 Å². The van der Waals surface area contributed by atoms with Crippen molar-refractivity contribution in [2.75, 3.05) is 58.4 Å². The highest BCUT2D eigenvalue weighted by Gasteiger charge is 2.43. The Morgan fingerprint density at radius 3 is 2.41 bits per heavy atom. The number of benzene rings is 2. The molecule has 0 aromatic heterocycles. The van der Waals surface area contributed by atoms with Gasteiger partial charge in [0.1, 0.15) is 0 Å². The number of nitrogens with zero attached hydrogens (tertiary/aromatic N) is 3. The maximum absolute atomic E-state index is 13.9. The van der Waals surface area contributed by atoms with E-state index in [2.05, 4.69) is 22.0 Å². The topological polar surface area (TPSA) is 112 Å². The molecule has 198 valence electrons. The van der Waals surface area contributed by atoms with E-state index < -0.39 is 12.1 Å². The summed E-state index contributed by atoms with van der Waals surface area (Å²) in [6, 6.07) is 10.2. The molecule has 0 unspecified atom stereocenters. The van der Waals surface area contributed by atoms with Gasteiger partial charge in [0.25, 0.3) is 11.8 Å². The first-order valence-corrected chi connectivity index (χ1v) is 12.6. The molecule has 0 bridgehead atoms. The van der Waals surface area contributed by atoms with Crippen LogP contribution in [0.2, 0.25) is 0 Å². The van der Waals surface area contributed by atoms with Crippen LogP contribution in [-0.2, 0) is 0 Å². The van der Waals surface area contributed by atoms with E-state index in [1.807, 2.05) is 18.2 Å². The molecule has 0 saturated carbocycles. The summed E-state index contributed by atoms with van der Waals surface area (Å²) in [5, 5.41) is 11.3. The van der Waals surface area contributed by atoms with Crippen LogP contribution in [0.15, 0.2) is 36.4 Å². The van der Waals surface area contributed by atoms with Gasteiger partial charge in [-0.2, -0.15) is 0 Å². The van der Waals surface area contributed by atoms with Gasteiger partial charge in [-0.05, 0) is 49.2 Å². The molecule has 2 aliphatic heterocycles. The number of amides is 3. The Morgan fingerprint density at radius 1 is 1.03 bits per heavy atom. The minimum atomic E-state index is -1.11. The average Bonchev–Trinajstić information content (AvgIpc) is 3.18. The fourth-order valence-corrected chi connectivity index (χ4v) is 5.13. The predicted molar refractivity (Wildman–Crippen MR) is 139 cm³/mol. The number of carboxylic acid groups (broad SMARTS) is 1. The van der Waals surface area contributed by atoms with Crippen molar-refractivity contribution in [1.82, 2.24) is 15.1 Å². The van der Waals surface area contributed by atoms with Crippen molar-refractivity contribution >= 4 is 23.6 Å². The molecule has 1 saturated heterocycles. The number of hydrogen-bond acceptors (Lipinski definition) is 7. The SMILES string of the molecule is CCN1CCN(c2cccc3c2C(=O)N([C@H](CCCNC(=O)O)c2ccc(OC)c(OC)c2)C3=O)CC1. The number of fused-ring (bicyclic) bond motifs is 1. The zero-order chi connectivity index (χ0) is 26.5. The van der Waals surface area contributed by atoms with Crippen LogP contribution < -0.4 is 19.7 Å². The summed E-state index contributed by atoms with van der Waals surface area (Å²) < 4.78 is 10.8. The smallest absolute Gasteiger partial charge is 0.404 e. The van der Waals surface area contributed by atoms with Crippen LogP contribution in [0.1, 0.15) is 52.1 Å². The molecular formula is C27H34N4O6. The Kier molecular flexibility index (Phi) is 8.17. The molecule has 0 radical (unpaired) electrons. The number of rotatable bonds is 10. The lowest BCUT2D eigenvalue weighted by Gasteiger charge is -2.36. The average molecular weight is 511 g/mol. The van der Waals surface area contributed by atoms with Crippen LogP contribution in [0, 0.1) is 0 Å². The maximum atomic E-state index is 13.9. The molecule has 10 heteroatoms. The molecule has 2 aliphatic rings. The molecule has 37 heavy (non-hydrogen) atoms. The van der Waals surface area contributed by atoms with Crippen molar-refractivity contribution in [3.8, 4) is 11.5 Å². The molecule has 1 fully saturated rings. The van der Waals surface area contributed by atoms with E-state index in [-0.39, 0.29) is 18.4 Å². The zero-order valence-corrected chi connectivity index (χ0v) is 21.5. The molecule has 4 rings (SSSR count).